The van der Waals surface area contributed by atoms with Crippen molar-refractivity contribution < 1.29 is 5.21 Å². The minimum absolute atomic E-state index is 0.181. The van der Waals surface area contributed by atoms with Crippen LogP contribution in [-0.4, -0.2) is 36.2 Å². The first kappa shape index (κ1) is 10.2. The third-order valence-electron chi connectivity index (χ3n) is 1.12. The number of rotatable bonds is 4. The Labute approximate surface area is 66.8 Å². The Hall–Kier alpha value is -0.810. The van der Waals surface area contributed by atoms with Crippen molar-refractivity contribution in [1.29, 1.82) is 0 Å². The maximum atomic E-state index is 8.24. The molecular formula is C6H16N4O. The van der Waals surface area contributed by atoms with Crippen LogP contribution in [0.3, 0.4) is 0 Å². The molecule has 0 aliphatic rings. The van der Waals surface area contributed by atoms with Gasteiger partial charge in [0.25, 0.3) is 0 Å². The molecule has 5 nitrogen and oxygen atoms in total. The van der Waals surface area contributed by atoms with Crippen molar-refractivity contribution in [1.82, 2.24) is 10.4 Å². The summed E-state index contributed by atoms with van der Waals surface area (Å²) in [7, 11) is 3.78. The van der Waals surface area contributed by atoms with Crippen molar-refractivity contribution in [3.8, 4) is 0 Å². The van der Waals surface area contributed by atoms with Crippen molar-refractivity contribution in [2.75, 3.05) is 14.1 Å². The summed E-state index contributed by atoms with van der Waals surface area (Å²) in [5, 5.41) is 12.9. The lowest BCUT2D eigenvalue weighted by Crippen LogP contribution is -2.40. The smallest absolute Gasteiger partial charge is 0.140 e. The summed E-state index contributed by atoms with van der Waals surface area (Å²) >= 11 is 0. The Morgan fingerprint density at radius 2 is 2.27 bits per heavy atom. The second kappa shape index (κ2) is 4.92. The van der Waals surface area contributed by atoms with Crippen LogP contribution in [0.25, 0.3) is 0 Å². The molecule has 66 valence electrons. The normalized spacial score (nSPS) is 15.5. The van der Waals surface area contributed by atoms with E-state index in [1.807, 2.05) is 26.0 Å². The predicted octanol–water partition coefficient (Wildman–Crippen LogP) is -0.422. The van der Waals surface area contributed by atoms with E-state index in [1.165, 1.54) is 0 Å². The fraction of sp³-hybridized carbons (Fsp3) is 0.833. The Kier molecular flexibility index (Phi) is 4.56. The zero-order valence-corrected chi connectivity index (χ0v) is 7.20. The summed E-state index contributed by atoms with van der Waals surface area (Å²) in [5.74, 6) is 0.242. The van der Waals surface area contributed by atoms with E-state index in [1.54, 1.807) is 0 Å². The molecule has 11 heavy (non-hydrogen) atoms. The van der Waals surface area contributed by atoms with E-state index in [2.05, 4.69) is 10.6 Å². The first-order valence-corrected chi connectivity index (χ1v) is 3.46. The van der Waals surface area contributed by atoms with Crippen molar-refractivity contribution in [2.24, 2.45) is 10.9 Å². The molecule has 5 heteroatoms. The molecule has 0 heterocycles. The van der Waals surface area contributed by atoms with Gasteiger partial charge in [0, 0.05) is 26.6 Å². The van der Waals surface area contributed by atoms with Gasteiger partial charge in [0.05, 0.1) is 0 Å². The van der Waals surface area contributed by atoms with Gasteiger partial charge in [-0.05, 0) is 6.92 Å². The maximum absolute atomic E-state index is 8.24. The Bertz CT molecular complexity index is 135. The lowest BCUT2D eigenvalue weighted by molar-refractivity contribution is 0.251. The molecule has 0 saturated heterocycles. The number of nitrogens with zero attached hydrogens (tertiary/aromatic N) is 2. The van der Waals surface area contributed by atoms with E-state index in [0.717, 1.165) is 0 Å². The molecule has 0 rings (SSSR count). The average Bonchev–Trinajstić information content (AvgIpc) is 1.85. The molecule has 0 aromatic rings. The van der Waals surface area contributed by atoms with E-state index < -0.39 is 0 Å². The molecule has 0 bridgehead atoms. The van der Waals surface area contributed by atoms with Crippen molar-refractivity contribution in [3.05, 3.63) is 0 Å². The topological polar surface area (TPSA) is 73.9 Å². The molecule has 0 amide bonds. The fourth-order valence-electron chi connectivity index (χ4n) is 0.841. The first-order chi connectivity index (χ1) is 5.06. The minimum Gasteiger partial charge on any atom is -0.409 e. The number of hydrogen-bond donors (Lipinski definition) is 3. The summed E-state index contributed by atoms with van der Waals surface area (Å²) in [5.41, 5.74) is 8.36. The molecular weight excluding hydrogens is 144 g/mol. The van der Waals surface area contributed by atoms with Crippen LogP contribution in [0.15, 0.2) is 5.16 Å². The molecule has 0 fully saturated rings. The summed E-state index contributed by atoms with van der Waals surface area (Å²) in [6, 6.07) is 0.181. The third-order valence-corrected chi connectivity index (χ3v) is 1.12. The summed E-state index contributed by atoms with van der Waals surface area (Å²) in [6.45, 7) is 1.96. The minimum atomic E-state index is 0.181. The highest BCUT2D eigenvalue weighted by Gasteiger charge is 2.04. The first-order valence-electron chi connectivity index (χ1n) is 3.46. The molecule has 4 N–H and O–H groups in total. The van der Waals surface area contributed by atoms with Gasteiger partial charge < -0.3 is 10.9 Å². The van der Waals surface area contributed by atoms with Crippen LogP contribution >= 0.6 is 0 Å². The molecule has 0 aromatic carbocycles. The van der Waals surface area contributed by atoms with Crippen molar-refractivity contribution >= 4 is 5.84 Å². The fourth-order valence-corrected chi connectivity index (χ4v) is 0.841. The van der Waals surface area contributed by atoms with Gasteiger partial charge in [-0.1, -0.05) is 5.16 Å². The summed E-state index contributed by atoms with van der Waals surface area (Å²) in [6.07, 6.45) is 0.536. The van der Waals surface area contributed by atoms with Gasteiger partial charge in [0.15, 0.2) is 0 Å². The van der Waals surface area contributed by atoms with Crippen molar-refractivity contribution in [3.63, 3.8) is 0 Å². The standard InChI is InChI=1S/C6H16N4O/c1-5(8-10(2)3)4-6(7)9-11/h5,8,11H,4H2,1-3H3,(H2,7,9). The molecule has 0 aromatic heterocycles. The molecule has 0 spiro atoms. The number of hydrazine groups is 1. The molecule has 0 aliphatic heterocycles. The second-order valence-electron chi connectivity index (χ2n) is 2.72. The Morgan fingerprint density at radius 3 is 2.64 bits per heavy atom. The molecule has 0 saturated carbocycles. The summed E-state index contributed by atoms with van der Waals surface area (Å²) in [4.78, 5) is 0. The largest absolute Gasteiger partial charge is 0.409 e. The van der Waals surface area contributed by atoms with E-state index in [-0.39, 0.29) is 11.9 Å². The van der Waals surface area contributed by atoms with Gasteiger partial charge in [-0.25, -0.2) is 0 Å². The predicted molar refractivity (Wildman–Crippen MR) is 44.3 cm³/mol. The molecule has 1 unspecified atom stereocenters. The SMILES string of the molecule is CC(CC(N)=NO)NN(C)C. The lowest BCUT2D eigenvalue weighted by Gasteiger charge is -2.18. The Morgan fingerprint density at radius 1 is 1.73 bits per heavy atom. The van der Waals surface area contributed by atoms with Crippen LogP contribution in [0.4, 0.5) is 0 Å². The quantitative estimate of drug-likeness (QED) is 0.226. The van der Waals surface area contributed by atoms with Gasteiger partial charge in [-0.15, -0.1) is 0 Å². The zero-order valence-electron chi connectivity index (χ0n) is 7.20. The molecule has 1 atom stereocenters. The van der Waals surface area contributed by atoms with Crippen LogP contribution in [-0.2, 0) is 0 Å². The number of nitrogens with two attached hydrogens (primary N) is 1. The highest BCUT2D eigenvalue weighted by molar-refractivity contribution is 5.80. The van der Waals surface area contributed by atoms with E-state index >= 15 is 0 Å². The van der Waals surface area contributed by atoms with Crippen LogP contribution in [0, 0.1) is 0 Å². The van der Waals surface area contributed by atoms with E-state index in [4.69, 9.17) is 10.9 Å². The maximum Gasteiger partial charge on any atom is 0.140 e. The van der Waals surface area contributed by atoms with Crippen LogP contribution in [0.2, 0.25) is 0 Å². The number of oxime groups is 1. The van der Waals surface area contributed by atoms with Crippen molar-refractivity contribution in [2.45, 2.75) is 19.4 Å². The highest BCUT2D eigenvalue weighted by atomic mass is 16.4. The summed E-state index contributed by atoms with van der Waals surface area (Å²) < 4.78 is 0. The number of hydrogen-bond acceptors (Lipinski definition) is 4. The number of nitrogens with one attached hydrogen (secondary N) is 1. The monoisotopic (exact) mass is 160 g/mol. The van der Waals surface area contributed by atoms with Gasteiger partial charge in [-0.2, -0.15) is 0 Å². The third kappa shape index (κ3) is 5.63. The second-order valence-corrected chi connectivity index (χ2v) is 2.72. The van der Waals surface area contributed by atoms with Gasteiger partial charge >= 0.3 is 0 Å². The highest BCUT2D eigenvalue weighted by Crippen LogP contribution is 1.89. The van der Waals surface area contributed by atoms with Gasteiger partial charge in [0.1, 0.15) is 5.84 Å². The lowest BCUT2D eigenvalue weighted by atomic mass is 10.2. The van der Waals surface area contributed by atoms with Gasteiger partial charge in [-0.3, -0.25) is 10.4 Å². The van der Waals surface area contributed by atoms with Crippen LogP contribution < -0.4 is 11.2 Å². The Balaban J connectivity index is 3.60. The van der Waals surface area contributed by atoms with Crippen LogP contribution in [0.1, 0.15) is 13.3 Å². The van der Waals surface area contributed by atoms with Gasteiger partial charge in [0.2, 0.25) is 0 Å². The number of amidine groups is 1. The average molecular weight is 160 g/mol. The molecule has 0 aliphatic carbocycles. The zero-order chi connectivity index (χ0) is 8.85. The van der Waals surface area contributed by atoms with Crippen LogP contribution in [0.5, 0.6) is 0 Å². The van der Waals surface area contributed by atoms with E-state index in [9.17, 15) is 0 Å². The van der Waals surface area contributed by atoms with E-state index in [0.29, 0.717) is 6.42 Å². The molecule has 0 radical (unpaired) electrons.